The zero-order valence-electron chi connectivity index (χ0n) is 19.2. The maximum Gasteiger partial charge on any atom is 0.322 e. The Labute approximate surface area is 203 Å². The van der Waals surface area contributed by atoms with E-state index < -0.39 is 17.5 Å². The number of nitrogens with one attached hydrogen (secondary N) is 2. The molecule has 182 valence electrons. The summed E-state index contributed by atoms with van der Waals surface area (Å²) in [5.41, 5.74) is 1.15. The number of carbonyl (C=O) groups is 3. The molecular formula is C24H20N6O6. The zero-order valence-corrected chi connectivity index (χ0v) is 19.2. The van der Waals surface area contributed by atoms with Crippen molar-refractivity contribution >= 4 is 28.9 Å². The summed E-state index contributed by atoms with van der Waals surface area (Å²) in [6.45, 7) is 0.109. The van der Waals surface area contributed by atoms with Gasteiger partial charge in [0.1, 0.15) is 11.5 Å². The molecule has 12 nitrogen and oxygen atoms in total. The van der Waals surface area contributed by atoms with Crippen molar-refractivity contribution in [3.63, 3.8) is 0 Å². The van der Waals surface area contributed by atoms with Gasteiger partial charge < -0.3 is 24.5 Å². The smallest absolute Gasteiger partial charge is 0.322 e. The lowest BCUT2D eigenvalue weighted by Crippen LogP contribution is -2.52. The fourth-order valence-electron chi connectivity index (χ4n) is 4.74. The van der Waals surface area contributed by atoms with Gasteiger partial charge in [-0.15, -0.1) is 5.10 Å². The van der Waals surface area contributed by atoms with Crippen LogP contribution in [0.4, 0.5) is 4.79 Å². The summed E-state index contributed by atoms with van der Waals surface area (Å²) in [5, 5.41) is 19.1. The number of carbonyl (C=O) groups excluding carboxylic acids is 3. The molecule has 1 saturated heterocycles. The van der Waals surface area contributed by atoms with Gasteiger partial charge in [0.2, 0.25) is 11.6 Å². The van der Waals surface area contributed by atoms with Gasteiger partial charge in [-0.2, -0.15) is 0 Å². The number of aromatic hydroxyl groups is 1. The summed E-state index contributed by atoms with van der Waals surface area (Å²) in [7, 11) is 3.21. The lowest BCUT2D eigenvalue weighted by molar-refractivity contribution is -0.125. The van der Waals surface area contributed by atoms with Crippen molar-refractivity contribution in [2.24, 2.45) is 7.05 Å². The number of urea groups is 1. The lowest BCUT2D eigenvalue weighted by atomic mass is 9.95. The van der Waals surface area contributed by atoms with Crippen LogP contribution < -0.4 is 15.4 Å². The maximum atomic E-state index is 13.2. The number of amides is 4. The summed E-state index contributed by atoms with van der Waals surface area (Å²) < 4.78 is 12.7. The highest BCUT2D eigenvalue weighted by molar-refractivity contribution is 6.08. The molecule has 5 heterocycles. The number of benzene rings is 1. The summed E-state index contributed by atoms with van der Waals surface area (Å²) in [5.74, 6) is -0.362. The molecule has 0 aliphatic carbocycles. The van der Waals surface area contributed by atoms with Crippen molar-refractivity contribution in [2.45, 2.75) is 12.1 Å². The topological polar surface area (TPSA) is 152 Å². The molecule has 3 N–H and O–H groups in total. The van der Waals surface area contributed by atoms with E-state index in [4.69, 9.17) is 9.15 Å². The van der Waals surface area contributed by atoms with E-state index in [0.717, 1.165) is 5.56 Å². The van der Waals surface area contributed by atoms with Crippen LogP contribution in [-0.2, 0) is 23.9 Å². The molecule has 0 bridgehead atoms. The van der Waals surface area contributed by atoms with E-state index in [9.17, 15) is 19.5 Å². The normalized spacial score (nSPS) is 19.1. The molecule has 1 aromatic carbocycles. The van der Waals surface area contributed by atoms with E-state index in [1.54, 1.807) is 43.6 Å². The van der Waals surface area contributed by atoms with Crippen molar-refractivity contribution in [1.82, 2.24) is 30.3 Å². The average molecular weight is 488 g/mol. The second kappa shape index (κ2) is 7.57. The molecule has 0 saturated carbocycles. The number of imide groups is 1. The number of pyridine rings is 1. The van der Waals surface area contributed by atoms with Crippen LogP contribution in [0.2, 0.25) is 0 Å². The number of ether oxygens (including phenoxy) is 1. The summed E-state index contributed by atoms with van der Waals surface area (Å²) >= 11 is 0. The number of rotatable bonds is 5. The minimum absolute atomic E-state index is 0.126. The Hall–Kier alpha value is -4.87. The molecule has 4 amide bonds. The Kier molecular flexibility index (Phi) is 4.55. The van der Waals surface area contributed by atoms with Crippen molar-refractivity contribution in [2.75, 3.05) is 13.7 Å². The van der Waals surface area contributed by atoms with Gasteiger partial charge >= 0.3 is 6.03 Å². The fraction of sp³-hybridized carbons (Fsp3) is 0.208. The van der Waals surface area contributed by atoms with E-state index in [0.29, 0.717) is 28.0 Å². The number of fused-ring (bicyclic) bond motifs is 2. The Balaban J connectivity index is 1.39. The standard InChI is InChI=1S/C24H20N6O6/c1-29-17(8-19(31)28-29)14-5-13-6-18(36-20(13)25-9-14)24(22(33)26-23(34)27-24)11-30-10-12-3-4-15(35-2)7-16(12)21(30)32/h3-9H,10-11H2,1-2H3,(H,28,31)(H2,26,27,33,34)/t24-/m0/s1. The van der Waals surface area contributed by atoms with E-state index in [-0.39, 0.29) is 36.4 Å². The molecule has 12 heteroatoms. The summed E-state index contributed by atoms with van der Waals surface area (Å²) in [6, 6.07) is 9.42. The van der Waals surface area contributed by atoms with Crippen LogP contribution in [0.5, 0.6) is 11.6 Å². The van der Waals surface area contributed by atoms with Gasteiger partial charge in [0.15, 0.2) is 5.54 Å². The van der Waals surface area contributed by atoms with Crippen molar-refractivity contribution in [1.29, 1.82) is 0 Å². The third kappa shape index (κ3) is 3.18. The number of furan rings is 1. The predicted molar refractivity (Wildman–Crippen MR) is 124 cm³/mol. The molecule has 36 heavy (non-hydrogen) atoms. The van der Waals surface area contributed by atoms with Crippen molar-refractivity contribution in [3.8, 4) is 22.9 Å². The van der Waals surface area contributed by atoms with E-state index in [1.165, 1.54) is 22.8 Å². The number of nitrogens with zero attached hydrogens (tertiary/aromatic N) is 4. The Morgan fingerprint density at radius 2 is 2.03 bits per heavy atom. The number of aryl methyl sites for hydroxylation is 1. The van der Waals surface area contributed by atoms with Gasteiger partial charge in [-0.05, 0) is 29.8 Å². The molecule has 4 aromatic rings. The molecule has 1 fully saturated rings. The quantitative estimate of drug-likeness (QED) is 0.359. The second-order valence-corrected chi connectivity index (χ2v) is 8.74. The van der Waals surface area contributed by atoms with E-state index >= 15 is 0 Å². The highest BCUT2D eigenvalue weighted by atomic mass is 16.5. The monoisotopic (exact) mass is 488 g/mol. The van der Waals surface area contributed by atoms with Gasteiger partial charge in [-0.1, -0.05) is 6.07 Å². The molecule has 3 aromatic heterocycles. The molecule has 2 aliphatic rings. The minimum atomic E-state index is -1.65. The molecule has 0 spiro atoms. The molecule has 6 rings (SSSR count). The van der Waals surface area contributed by atoms with Crippen LogP contribution in [0.1, 0.15) is 21.7 Å². The number of hydrogen-bond acceptors (Lipinski definition) is 8. The van der Waals surface area contributed by atoms with Crippen LogP contribution >= 0.6 is 0 Å². The fourth-order valence-corrected chi connectivity index (χ4v) is 4.74. The highest BCUT2D eigenvalue weighted by Gasteiger charge is 2.53. The third-order valence-corrected chi connectivity index (χ3v) is 6.52. The van der Waals surface area contributed by atoms with E-state index in [2.05, 4.69) is 20.7 Å². The summed E-state index contributed by atoms with van der Waals surface area (Å²) in [4.78, 5) is 44.4. The van der Waals surface area contributed by atoms with Crippen molar-refractivity contribution in [3.05, 3.63) is 59.5 Å². The maximum absolute atomic E-state index is 13.2. The number of aromatic nitrogens is 3. The molecule has 0 radical (unpaired) electrons. The average Bonchev–Trinajstić information content (AvgIpc) is 3.58. The van der Waals surface area contributed by atoms with Gasteiger partial charge in [0.05, 0.1) is 19.3 Å². The van der Waals surface area contributed by atoms with Crippen LogP contribution in [0, 0.1) is 0 Å². The molecule has 1 atom stereocenters. The Morgan fingerprint density at radius 1 is 1.19 bits per heavy atom. The lowest BCUT2D eigenvalue weighted by Gasteiger charge is -2.28. The third-order valence-electron chi connectivity index (χ3n) is 6.52. The van der Waals surface area contributed by atoms with Gasteiger partial charge in [0.25, 0.3) is 11.8 Å². The minimum Gasteiger partial charge on any atom is -0.497 e. The zero-order chi connectivity index (χ0) is 25.2. The van der Waals surface area contributed by atoms with E-state index in [1.807, 2.05) is 0 Å². The van der Waals surface area contributed by atoms with Gasteiger partial charge in [-0.3, -0.25) is 19.6 Å². The Morgan fingerprint density at radius 3 is 2.72 bits per heavy atom. The van der Waals surface area contributed by atoms with Crippen molar-refractivity contribution < 1.29 is 28.6 Å². The van der Waals surface area contributed by atoms with Crippen LogP contribution in [0.25, 0.3) is 22.4 Å². The molecule has 0 unspecified atom stereocenters. The first-order valence-corrected chi connectivity index (χ1v) is 11.0. The first-order valence-electron chi connectivity index (χ1n) is 11.0. The summed E-state index contributed by atoms with van der Waals surface area (Å²) in [6.07, 6.45) is 1.56. The number of methoxy groups -OCH3 is 1. The van der Waals surface area contributed by atoms with Crippen LogP contribution in [0.15, 0.2) is 47.0 Å². The van der Waals surface area contributed by atoms with Crippen LogP contribution in [0.3, 0.4) is 0 Å². The largest absolute Gasteiger partial charge is 0.497 e. The first kappa shape index (κ1) is 21.6. The Bertz CT molecular complexity index is 1590. The predicted octanol–water partition coefficient (Wildman–Crippen LogP) is 1.63. The molecule has 2 aliphatic heterocycles. The molecular weight excluding hydrogens is 468 g/mol. The highest BCUT2D eigenvalue weighted by Crippen LogP contribution is 2.35. The second-order valence-electron chi connectivity index (χ2n) is 8.74. The van der Waals surface area contributed by atoms with Crippen LogP contribution in [-0.4, -0.2) is 56.3 Å². The van der Waals surface area contributed by atoms with Gasteiger partial charge in [-0.25, -0.2) is 9.78 Å². The van der Waals surface area contributed by atoms with Gasteiger partial charge in [0, 0.05) is 42.4 Å². The first-order chi connectivity index (χ1) is 17.3. The SMILES string of the molecule is COc1ccc2c(c1)C(=O)N(C[C@@]1(c3cc4cc(-c5cc(O)nn5C)cnc4o3)NC(=O)NC1=O)C2. The number of hydrogen-bond donors (Lipinski definition) is 3.